The van der Waals surface area contributed by atoms with E-state index in [4.69, 9.17) is 4.74 Å². The van der Waals surface area contributed by atoms with Crippen molar-refractivity contribution in [2.24, 2.45) is 0 Å². The minimum absolute atomic E-state index is 0.0697. The van der Waals surface area contributed by atoms with Crippen LogP contribution in [-0.2, 0) is 22.6 Å². The number of hydrogen-bond donors (Lipinski definition) is 2. The van der Waals surface area contributed by atoms with Gasteiger partial charge in [0.15, 0.2) is 0 Å². The molecule has 2 aromatic carbocycles. The lowest BCUT2D eigenvalue weighted by molar-refractivity contribution is -0.122. The van der Waals surface area contributed by atoms with E-state index < -0.39 is 5.54 Å². The molecule has 2 heterocycles. The van der Waals surface area contributed by atoms with Crippen LogP contribution in [0.1, 0.15) is 36.8 Å². The van der Waals surface area contributed by atoms with Crippen LogP contribution < -0.4 is 15.4 Å². The van der Waals surface area contributed by atoms with Gasteiger partial charge in [0.2, 0.25) is 11.8 Å². The molecule has 4 rings (SSSR count). The molecule has 1 fully saturated rings. The summed E-state index contributed by atoms with van der Waals surface area (Å²) in [6.45, 7) is 0.389. The maximum absolute atomic E-state index is 14.5. The summed E-state index contributed by atoms with van der Waals surface area (Å²) in [5.41, 5.74) is 1.74. The number of nitrogens with one attached hydrogen (secondary N) is 2. The van der Waals surface area contributed by atoms with Gasteiger partial charge in [-0.1, -0.05) is 18.2 Å². The molecule has 8 heteroatoms. The van der Waals surface area contributed by atoms with Crippen LogP contribution in [0.15, 0.2) is 60.9 Å². The molecule has 1 atom stereocenters. The van der Waals surface area contributed by atoms with E-state index >= 15 is 0 Å². The van der Waals surface area contributed by atoms with E-state index in [2.05, 4.69) is 15.7 Å². The average molecular weight is 451 g/mol. The zero-order valence-corrected chi connectivity index (χ0v) is 18.5. The molecular weight excluding hydrogens is 423 g/mol. The van der Waals surface area contributed by atoms with Gasteiger partial charge in [-0.05, 0) is 54.7 Å². The first-order valence-corrected chi connectivity index (χ1v) is 11.0. The van der Waals surface area contributed by atoms with Crippen molar-refractivity contribution < 1.29 is 18.7 Å². The van der Waals surface area contributed by atoms with Crippen LogP contribution in [0.3, 0.4) is 0 Å². The number of carbonyl (C=O) groups excluding carboxylic acids is 2. The molecule has 0 radical (unpaired) electrons. The molecule has 0 bridgehead atoms. The average Bonchev–Trinajstić information content (AvgIpc) is 3.48. The molecule has 0 saturated carbocycles. The normalized spacial score (nSPS) is 17.6. The third-order valence-corrected chi connectivity index (χ3v) is 6.02. The van der Waals surface area contributed by atoms with Crippen molar-refractivity contribution in [2.75, 3.05) is 7.11 Å². The van der Waals surface area contributed by atoms with Crippen molar-refractivity contribution in [3.05, 3.63) is 77.9 Å². The second-order valence-electron chi connectivity index (χ2n) is 8.36. The van der Waals surface area contributed by atoms with E-state index in [0.717, 1.165) is 11.3 Å². The van der Waals surface area contributed by atoms with Crippen LogP contribution in [0, 0.1) is 5.82 Å². The molecular formula is C25H27FN4O3. The number of methoxy groups -OCH3 is 1. The summed E-state index contributed by atoms with van der Waals surface area (Å²) in [6.07, 6.45) is 5.51. The third kappa shape index (κ3) is 5.58. The molecule has 2 N–H and O–H groups in total. The molecule has 1 aliphatic heterocycles. The summed E-state index contributed by atoms with van der Waals surface area (Å²) in [5, 5.41) is 10.2. The molecule has 1 saturated heterocycles. The van der Waals surface area contributed by atoms with Gasteiger partial charge >= 0.3 is 0 Å². The Bertz CT molecular complexity index is 1130. The lowest BCUT2D eigenvalue weighted by Gasteiger charge is -2.29. The van der Waals surface area contributed by atoms with Crippen molar-refractivity contribution in [3.8, 4) is 11.4 Å². The highest BCUT2D eigenvalue weighted by atomic mass is 19.1. The Morgan fingerprint density at radius 3 is 2.85 bits per heavy atom. The number of benzene rings is 2. The Labute approximate surface area is 191 Å². The van der Waals surface area contributed by atoms with Crippen molar-refractivity contribution in [3.63, 3.8) is 0 Å². The van der Waals surface area contributed by atoms with E-state index in [0.29, 0.717) is 43.5 Å². The lowest BCUT2D eigenvalue weighted by Crippen LogP contribution is -2.44. The summed E-state index contributed by atoms with van der Waals surface area (Å²) in [6, 6.07) is 14.3. The van der Waals surface area contributed by atoms with Gasteiger partial charge in [-0.25, -0.2) is 9.07 Å². The number of carbonyl (C=O) groups is 2. The predicted molar refractivity (Wildman–Crippen MR) is 121 cm³/mol. The second-order valence-corrected chi connectivity index (χ2v) is 8.36. The number of ether oxygens (including phenoxy) is 1. The van der Waals surface area contributed by atoms with Crippen molar-refractivity contribution >= 4 is 11.8 Å². The van der Waals surface area contributed by atoms with E-state index in [1.807, 2.05) is 36.5 Å². The van der Waals surface area contributed by atoms with Crippen molar-refractivity contribution in [1.82, 2.24) is 20.4 Å². The minimum atomic E-state index is -0.635. The van der Waals surface area contributed by atoms with E-state index in [1.54, 1.807) is 23.0 Å². The van der Waals surface area contributed by atoms with Crippen LogP contribution in [0.5, 0.6) is 5.75 Å². The number of rotatable bonds is 9. The molecule has 0 aliphatic carbocycles. The predicted octanol–water partition coefficient (Wildman–Crippen LogP) is 3.31. The minimum Gasteiger partial charge on any atom is -0.497 e. The first-order chi connectivity index (χ1) is 16.0. The lowest BCUT2D eigenvalue weighted by atomic mass is 9.84. The number of halogens is 1. The standard InChI is InChI=1S/C25H27FN4O3/c1-33-21-7-6-19(22(26)15-21)16-25(11-9-24(32)29-25)10-8-23(31)27-17-18-4-2-5-20(14-18)30-13-3-12-28-30/h2-7,12-15H,8-11,16-17H2,1H3,(H,27,31)(H,29,32)/t25-/m1/s1. The fourth-order valence-electron chi connectivity index (χ4n) is 4.22. The Kier molecular flexibility index (Phi) is 6.72. The topological polar surface area (TPSA) is 85.2 Å². The quantitative estimate of drug-likeness (QED) is 0.524. The molecule has 0 spiro atoms. The highest BCUT2D eigenvalue weighted by Crippen LogP contribution is 2.31. The SMILES string of the molecule is COc1ccc(C[C@@]2(CCC(=O)NCc3cccc(-n4cccn4)c3)CCC(=O)N2)c(F)c1. The molecule has 172 valence electrons. The van der Waals surface area contributed by atoms with Gasteiger partial charge < -0.3 is 15.4 Å². The molecule has 1 aliphatic rings. The molecule has 2 amide bonds. The van der Waals surface area contributed by atoms with Crippen LogP contribution in [0.2, 0.25) is 0 Å². The van der Waals surface area contributed by atoms with Crippen LogP contribution in [-0.4, -0.2) is 34.2 Å². The van der Waals surface area contributed by atoms with Gasteiger partial charge in [-0.15, -0.1) is 0 Å². The van der Waals surface area contributed by atoms with Gasteiger partial charge in [0.25, 0.3) is 0 Å². The molecule has 3 aromatic rings. The smallest absolute Gasteiger partial charge is 0.220 e. The van der Waals surface area contributed by atoms with E-state index in [9.17, 15) is 14.0 Å². The summed E-state index contributed by atoms with van der Waals surface area (Å²) in [5.74, 6) is -0.122. The van der Waals surface area contributed by atoms with Crippen molar-refractivity contribution in [1.29, 1.82) is 0 Å². The number of aromatic nitrogens is 2. The maximum Gasteiger partial charge on any atom is 0.220 e. The molecule has 0 unspecified atom stereocenters. The van der Waals surface area contributed by atoms with E-state index in [1.165, 1.54) is 13.2 Å². The fraction of sp³-hybridized carbons (Fsp3) is 0.320. The monoisotopic (exact) mass is 450 g/mol. The van der Waals surface area contributed by atoms with Gasteiger partial charge in [0.05, 0.1) is 12.8 Å². The number of amides is 2. The first-order valence-electron chi connectivity index (χ1n) is 11.0. The maximum atomic E-state index is 14.5. The highest BCUT2D eigenvalue weighted by Gasteiger charge is 2.38. The van der Waals surface area contributed by atoms with Crippen LogP contribution in [0.4, 0.5) is 4.39 Å². The molecule has 33 heavy (non-hydrogen) atoms. The first kappa shape index (κ1) is 22.5. The largest absolute Gasteiger partial charge is 0.497 e. The Morgan fingerprint density at radius 2 is 2.15 bits per heavy atom. The Morgan fingerprint density at radius 1 is 1.27 bits per heavy atom. The van der Waals surface area contributed by atoms with Gasteiger partial charge in [0.1, 0.15) is 11.6 Å². The third-order valence-electron chi connectivity index (χ3n) is 6.02. The van der Waals surface area contributed by atoms with Crippen LogP contribution in [0.25, 0.3) is 5.69 Å². The zero-order valence-electron chi connectivity index (χ0n) is 18.5. The summed E-state index contributed by atoms with van der Waals surface area (Å²) in [7, 11) is 1.49. The van der Waals surface area contributed by atoms with Crippen LogP contribution >= 0.6 is 0 Å². The summed E-state index contributed by atoms with van der Waals surface area (Å²) in [4.78, 5) is 24.6. The van der Waals surface area contributed by atoms with Crippen molar-refractivity contribution in [2.45, 2.75) is 44.2 Å². The zero-order chi connectivity index (χ0) is 23.3. The Hall–Kier alpha value is -3.68. The van der Waals surface area contributed by atoms with Gasteiger partial charge in [0, 0.05) is 43.4 Å². The highest BCUT2D eigenvalue weighted by molar-refractivity contribution is 5.80. The van der Waals surface area contributed by atoms with Gasteiger partial charge in [-0.3, -0.25) is 9.59 Å². The molecule has 7 nitrogen and oxygen atoms in total. The number of hydrogen-bond acceptors (Lipinski definition) is 4. The fourth-order valence-corrected chi connectivity index (χ4v) is 4.22. The van der Waals surface area contributed by atoms with E-state index in [-0.39, 0.29) is 24.1 Å². The summed E-state index contributed by atoms with van der Waals surface area (Å²) >= 11 is 0. The van der Waals surface area contributed by atoms with Gasteiger partial charge in [-0.2, -0.15) is 5.10 Å². The Balaban J connectivity index is 1.36. The molecule has 1 aromatic heterocycles. The summed E-state index contributed by atoms with van der Waals surface area (Å²) < 4.78 is 21.3. The second kappa shape index (κ2) is 9.85. The number of nitrogens with zero attached hydrogens (tertiary/aromatic N) is 2.